The zero-order valence-electron chi connectivity index (χ0n) is 9.27. The van der Waals surface area contributed by atoms with Gasteiger partial charge in [0.2, 0.25) is 0 Å². The first kappa shape index (κ1) is 11.5. The van der Waals surface area contributed by atoms with Crippen LogP contribution in [0.5, 0.6) is 0 Å². The minimum atomic E-state index is 0.713. The van der Waals surface area contributed by atoms with Gasteiger partial charge in [-0.15, -0.1) is 0 Å². The summed E-state index contributed by atoms with van der Waals surface area (Å²) in [5, 5.41) is 8.73. The van der Waals surface area contributed by atoms with Crippen molar-refractivity contribution in [3.63, 3.8) is 0 Å². The summed E-state index contributed by atoms with van der Waals surface area (Å²) in [6.45, 7) is 1.05. The average Bonchev–Trinajstić information content (AvgIpc) is 2.24. The smallest absolute Gasteiger partial charge is 0.0991 e. The second-order valence-electron chi connectivity index (χ2n) is 3.73. The third-order valence-corrected chi connectivity index (χ3v) is 2.07. The molecule has 0 aliphatic heterocycles. The summed E-state index contributed by atoms with van der Waals surface area (Å²) >= 11 is 0. The highest BCUT2D eigenvalue weighted by Gasteiger charge is 1.90. The van der Waals surface area contributed by atoms with Crippen molar-refractivity contribution < 1.29 is 0 Å². The van der Waals surface area contributed by atoms with Crippen LogP contribution >= 0.6 is 0 Å². The molecular formula is C13H16N2. The number of hydrogen-bond donors (Lipinski definition) is 0. The van der Waals surface area contributed by atoms with Crippen LogP contribution in [0.4, 0.5) is 0 Å². The fourth-order valence-corrected chi connectivity index (χ4v) is 1.26. The number of rotatable bonds is 4. The van der Waals surface area contributed by atoms with Crippen LogP contribution in [-0.4, -0.2) is 25.5 Å². The number of hydrogen-bond acceptors (Lipinski definition) is 2. The van der Waals surface area contributed by atoms with Gasteiger partial charge in [-0.3, -0.25) is 0 Å². The summed E-state index contributed by atoms with van der Waals surface area (Å²) in [5.74, 6) is 0. The highest BCUT2D eigenvalue weighted by atomic mass is 15.0. The molecule has 78 valence electrons. The zero-order chi connectivity index (χ0) is 11.1. The van der Waals surface area contributed by atoms with Crippen LogP contribution < -0.4 is 0 Å². The van der Waals surface area contributed by atoms with E-state index in [4.69, 9.17) is 5.26 Å². The molecule has 0 aliphatic rings. The van der Waals surface area contributed by atoms with Crippen molar-refractivity contribution in [1.82, 2.24) is 4.90 Å². The van der Waals surface area contributed by atoms with Crippen molar-refractivity contribution >= 4 is 6.08 Å². The first-order valence-electron chi connectivity index (χ1n) is 5.04. The molecule has 0 aliphatic carbocycles. The Hall–Kier alpha value is -1.59. The number of benzene rings is 1. The molecule has 0 unspecified atom stereocenters. The highest BCUT2D eigenvalue weighted by molar-refractivity contribution is 5.52. The molecule has 15 heavy (non-hydrogen) atoms. The van der Waals surface area contributed by atoms with Crippen molar-refractivity contribution in [2.24, 2.45) is 0 Å². The van der Waals surface area contributed by atoms with Crippen LogP contribution in [0.15, 0.2) is 30.3 Å². The van der Waals surface area contributed by atoms with Gasteiger partial charge in [0.05, 0.1) is 11.6 Å². The lowest BCUT2D eigenvalue weighted by molar-refractivity contribution is 0.417. The molecule has 0 radical (unpaired) electrons. The first-order chi connectivity index (χ1) is 7.22. The van der Waals surface area contributed by atoms with Gasteiger partial charge in [0.25, 0.3) is 0 Å². The van der Waals surface area contributed by atoms with Crippen molar-refractivity contribution in [3.8, 4) is 6.07 Å². The molecule has 0 N–H and O–H groups in total. The van der Waals surface area contributed by atoms with Gasteiger partial charge >= 0.3 is 0 Å². The molecule has 0 amide bonds. The lowest BCUT2D eigenvalue weighted by Crippen LogP contribution is -2.11. The molecule has 0 saturated heterocycles. The lowest BCUT2D eigenvalue weighted by Gasteiger charge is -2.05. The van der Waals surface area contributed by atoms with Crippen molar-refractivity contribution in [1.29, 1.82) is 5.26 Å². The van der Waals surface area contributed by atoms with Crippen molar-refractivity contribution in [2.45, 2.75) is 6.42 Å². The second-order valence-corrected chi connectivity index (χ2v) is 3.73. The van der Waals surface area contributed by atoms with E-state index in [0.29, 0.717) is 5.56 Å². The van der Waals surface area contributed by atoms with Crippen LogP contribution in [0, 0.1) is 11.3 Å². The van der Waals surface area contributed by atoms with E-state index in [2.05, 4.69) is 37.2 Å². The zero-order valence-corrected chi connectivity index (χ0v) is 9.27. The van der Waals surface area contributed by atoms with E-state index in [0.717, 1.165) is 18.5 Å². The molecule has 0 aromatic heterocycles. The number of nitrogens with zero attached hydrogens (tertiary/aromatic N) is 2. The molecule has 0 atom stereocenters. The molecule has 1 aromatic carbocycles. The Balaban J connectivity index is 2.53. The normalized spacial score (nSPS) is 10.8. The predicted octanol–water partition coefficient (Wildman–Crippen LogP) is 2.52. The first-order valence-corrected chi connectivity index (χ1v) is 5.04. The molecule has 0 bridgehead atoms. The van der Waals surface area contributed by atoms with E-state index in [-0.39, 0.29) is 0 Å². The van der Waals surface area contributed by atoms with E-state index < -0.39 is 0 Å². The Morgan fingerprint density at radius 1 is 1.40 bits per heavy atom. The molecule has 0 heterocycles. The highest BCUT2D eigenvalue weighted by Crippen LogP contribution is 2.06. The van der Waals surface area contributed by atoms with Crippen LogP contribution in [0.25, 0.3) is 6.08 Å². The molecular weight excluding hydrogens is 184 g/mol. The largest absolute Gasteiger partial charge is 0.309 e. The predicted molar refractivity (Wildman–Crippen MR) is 63.4 cm³/mol. The Morgan fingerprint density at radius 2 is 2.20 bits per heavy atom. The Bertz CT molecular complexity index is 372. The molecule has 0 fully saturated rings. The molecule has 1 rings (SSSR count). The van der Waals surface area contributed by atoms with Gasteiger partial charge in [0, 0.05) is 6.54 Å². The lowest BCUT2D eigenvalue weighted by atomic mass is 10.1. The topological polar surface area (TPSA) is 27.0 Å². The fraction of sp³-hybridized carbons (Fsp3) is 0.308. The monoisotopic (exact) mass is 200 g/mol. The van der Waals surface area contributed by atoms with Gasteiger partial charge in [-0.05, 0) is 38.2 Å². The molecule has 2 heteroatoms. The van der Waals surface area contributed by atoms with Gasteiger partial charge < -0.3 is 4.90 Å². The minimum Gasteiger partial charge on any atom is -0.309 e. The van der Waals surface area contributed by atoms with Crippen molar-refractivity contribution in [3.05, 3.63) is 41.5 Å². The molecule has 2 nitrogen and oxygen atoms in total. The summed E-state index contributed by atoms with van der Waals surface area (Å²) < 4.78 is 0. The van der Waals surface area contributed by atoms with Crippen LogP contribution in [-0.2, 0) is 0 Å². The average molecular weight is 200 g/mol. The summed E-state index contributed by atoms with van der Waals surface area (Å²) in [4.78, 5) is 2.15. The van der Waals surface area contributed by atoms with Gasteiger partial charge in [-0.2, -0.15) is 5.26 Å². The van der Waals surface area contributed by atoms with Gasteiger partial charge in [-0.25, -0.2) is 0 Å². The van der Waals surface area contributed by atoms with Gasteiger partial charge in [-0.1, -0.05) is 24.3 Å². The molecule has 0 saturated carbocycles. The van der Waals surface area contributed by atoms with E-state index in [1.807, 2.05) is 24.3 Å². The van der Waals surface area contributed by atoms with Crippen LogP contribution in [0.3, 0.4) is 0 Å². The van der Waals surface area contributed by atoms with E-state index in [9.17, 15) is 0 Å². The number of nitriles is 1. The summed E-state index contributed by atoms with van der Waals surface area (Å²) in [7, 11) is 4.12. The van der Waals surface area contributed by atoms with Gasteiger partial charge in [0.1, 0.15) is 0 Å². The second kappa shape index (κ2) is 6.00. The standard InChI is InChI=1S/C13H16N2/c1-15(2)9-4-3-6-12-7-5-8-13(10-12)11-14/h3,5-8,10H,4,9H2,1-2H3/b6-3-. The Morgan fingerprint density at radius 3 is 2.87 bits per heavy atom. The Labute approximate surface area is 91.4 Å². The third kappa shape index (κ3) is 4.44. The van der Waals surface area contributed by atoms with E-state index >= 15 is 0 Å². The van der Waals surface area contributed by atoms with Crippen LogP contribution in [0.1, 0.15) is 17.5 Å². The summed E-state index contributed by atoms with van der Waals surface area (Å²) in [6.07, 6.45) is 5.23. The molecule has 0 spiro atoms. The third-order valence-electron chi connectivity index (χ3n) is 2.07. The van der Waals surface area contributed by atoms with E-state index in [1.54, 1.807) is 0 Å². The quantitative estimate of drug-likeness (QED) is 0.746. The van der Waals surface area contributed by atoms with Gasteiger partial charge in [0.15, 0.2) is 0 Å². The summed E-state index contributed by atoms with van der Waals surface area (Å²) in [5.41, 5.74) is 1.80. The molecule has 1 aromatic rings. The maximum Gasteiger partial charge on any atom is 0.0991 e. The summed E-state index contributed by atoms with van der Waals surface area (Å²) in [6, 6.07) is 9.76. The van der Waals surface area contributed by atoms with Crippen molar-refractivity contribution in [2.75, 3.05) is 20.6 Å². The Kier molecular flexibility index (Phi) is 4.59. The van der Waals surface area contributed by atoms with E-state index in [1.165, 1.54) is 0 Å². The SMILES string of the molecule is CN(C)CC/C=C\c1cccc(C#N)c1. The maximum absolute atomic E-state index is 8.73. The fourth-order valence-electron chi connectivity index (χ4n) is 1.26. The minimum absolute atomic E-state index is 0.713. The van der Waals surface area contributed by atoms with Crippen LogP contribution in [0.2, 0.25) is 0 Å². The maximum atomic E-state index is 8.73.